The Balaban J connectivity index is 2.67. The van der Waals surface area contributed by atoms with Gasteiger partial charge in [0.05, 0.1) is 12.6 Å². The van der Waals surface area contributed by atoms with Gasteiger partial charge in [0.25, 0.3) is 0 Å². The maximum atomic E-state index is 12.5. The fourth-order valence-corrected chi connectivity index (χ4v) is 2.57. The second-order valence-electron chi connectivity index (χ2n) is 7.19. The number of carboxylic acid groups (broad SMARTS) is 1. The molecule has 0 fully saturated rings. The van der Waals surface area contributed by atoms with Crippen molar-refractivity contribution < 1.29 is 29.4 Å². The number of phenols is 1. The van der Waals surface area contributed by atoms with Crippen molar-refractivity contribution in [3.05, 3.63) is 29.8 Å². The normalized spacial score (nSPS) is 14.7. The minimum atomic E-state index is -1.19. The molecule has 0 aliphatic rings. The quantitative estimate of drug-likeness (QED) is 0.279. The standard InChI is InChI=1S/C20H30N4O6/c1-4-11(2)17(19(28)22-10-16(26)23-12(3)20(29)30)24-18(27)15(21)9-13-5-7-14(25)8-6-13/h5-8,11-12,15,17,25H,4,9-10,21H2,1-3H3,(H,22,28)(H,23,26)(H,24,27)(H,29,30). The smallest absolute Gasteiger partial charge is 0.325 e. The molecule has 30 heavy (non-hydrogen) atoms. The van der Waals surface area contributed by atoms with E-state index in [4.69, 9.17) is 10.8 Å². The zero-order valence-electron chi connectivity index (χ0n) is 17.3. The van der Waals surface area contributed by atoms with Gasteiger partial charge in [-0.05, 0) is 37.0 Å². The van der Waals surface area contributed by atoms with Crippen molar-refractivity contribution in [2.75, 3.05) is 6.54 Å². The Kier molecular flexibility index (Phi) is 9.76. The van der Waals surface area contributed by atoms with Gasteiger partial charge in [-0.3, -0.25) is 19.2 Å². The first-order valence-electron chi connectivity index (χ1n) is 9.68. The summed E-state index contributed by atoms with van der Waals surface area (Å²) in [4.78, 5) is 47.6. The average Bonchev–Trinajstić information content (AvgIpc) is 2.70. The van der Waals surface area contributed by atoms with Crippen LogP contribution in [-0.4, -0.2) is 58.6 Å². The third-order valence-corrected chi connectivity index (χ3v) is 4.69. The fraction of sp³-hybridized carbons (Fsp3) is 0.500. The molecular weight excluding hydrogens is 392 g/mol. The summed E-state index contributed by atoms with van der Waals surface area (Å²) in [5.74, 6) is -3.05. The third-order valence-electron chi connectivity index (χ3n) is 4.69. The number of aromatic hydroxyl groups is 1. The number of aliphatic carboxylic acids is 1. The first-order chi connectivity index (χ1) is 14.0. The van der Waals surface area contributed by atoms with E-state index in [0.717, 1.165) is 5.56 Å². The number of carbonyl (C=O) groups is 4. The van der Waals surface area contributed by atoms with Crippen molar-refractivity contribution in [2.24, 2.45) is 11.7 Å². The number of amides is 3. The average molecular weight is 422 g/mol. The van der Waals surface area contributed by atoms with Crippen LogP contribution in [0.5, 0.6) is 5.75 Å². The molecular formula is C20H30N4O6. The third kappa shape index (κ3) is 8.08. The van der Waals surface area contributed by atoms with E-state index in [2.05, 4.69) is 16.0 Å². The minimum absolute atomic E-state index is 0.104. The summed E-state index contributed by atoms with van der Waals surface area (Å²) in [6.07, 6.45) is 0.810. The molecule has 1 aromatic rings. The fourth-order valence-electron chi connectivity index (χ4n) is 2.57. The maximum absolute atomic E-state index is 12.5. The second-order valence-corrected chi connectivity index (χ2v) is 7.19. The molecule has 0 aromatic heterocycles. The highest BCUT2D eigenvalue weighted by Crippen LogP contribution is 2.12. The van der Waals surface area contributed by atoms with Gasteiger partial charge in [0.2, 0.25) is 17.7 Å². The zero-order chi connectivity index (χ0) is 22.8. The lowest BCUT2D eigenvalue weighted by Gasteiger charge is -2.25. The van der Waals surface area contributed by atoms with Crippen LogP contribution < -0.4 is 21.7 Å². The van der Waals surface area contributed by atoms with Crippen molar-refractivity contribution in [1.29, 1.82) is 0 Å². The number of rotatable bonds is 11. The van der Waals surface area contributed by atoms with Gasteiger partial charge in [-0.15, -0.1) is 0 Å². The number of hydrogen-bond acceptors (Lipinski definition) is 6. The number of nitrogens with one attached hydrogen (secondary N) is 3. The molecule has 1 aromatic carbocycles. The molecule has 10 heteroatoms. The summed E-state index contributed by atoms with van der Waals surface area (Å²) >= 11 is 0. The van der Waals surface area contributed by atoms with Crippen LogP contribution in [-0.2, 0) is 25.6 Å². The van der Waals surface area contributed by atoms with Crippen molar-refractivity contribution >= 4 is 23.7 Å². The van der Waals surface area contributed by atoms with Gasteiger partial charge in [-0.1, -0.05) is 32.4 Å². The molecule has 0 heterocycles. The molecule has 0 aliphatic carbocycles. The van der Waals surface area contributed by atoms with Crippen molar-refractivity contribution in [3.8, 4) is 5.75 Å². The van der Waals surface area contributed by atoms with Gasteiger partial charge in [-0.25, -0.2) is 0 Å². The second kappa shape index (κ2) is 11.8. The van der Waals surface area contributed by atoms with Crippen LogP contribution in [0.3, 0.4) is 0 Å². The molecule has 10 nitrogen and oxygen atoms in total. The Morgan fingerprint density at radius 1 is 1.03 bits per heavy atom. The van der Waals surface area contributed by atoms with Crippen LogP contribution in [0.1, 0.15) is 32.8 Å². The summed E-state index contributed by atoms with van der Waals surface area (Å²) in [5.41, 5.74) is 6.71. The lowest BCUT2D eigenvalue weighted by Crippen LogP contribution is -2.55. The van der Waals surface area contributed by atoms with Crippen LogP contribution in [0.25, 0.3) is 0 Å². The van der Waals surface area contributed by atoms with E-state index in [0.29, 0.717) is 6.42 Å². The predicted octanol–water partition coefficient (Wildman–Crippen LogP) is -0.502. The lowest BCUT2D eigenvalue weighted by atomic mass is 9.97. The molecule has 0 saturated heterocycles. The Bertz CT molecular complexity index is 752. The van der Waals surface area contributed by atoms with Gasteiger partial charge in [0.1, 0.15) is 17.8 Å². The summed E-state index contributed by atoms with van der Waals surface area (Å²) in [5, 5.41) is 25.4. The Hall–Kier alpha value is -3.14. The lowest BCUT2D eigenvalue weighted by molar-refractivity contribution is -0.141. The molecule has 0 bridgehead atoms. The van der Waals surface area contributed by atoms with E-state index in [1.165, 1.54) is 19.1 Å². The number of nitrogens with two attached hydrogens (primary N) is 1. The van der Waals surface area contributed by atoms with E-state index in [1.807, 2.05) is 6.92 Å². The molecule has 3 amide bonds. The van der Waals surface area contributed by atoms with Gasteiger partial charge in [0, 0.05) is 0 Å². The molecule has 166 valence electrons. The Labute approximate surface area is 175 Å². The number of phenolic OH excluding ortho intramolecular Hbond substituents is 1. The topological polar surface area (TPSA) is 171 Å². The minimum Gasteiger partial charge on any atom is -0.508 e. The number of benzene rings is 1. The monoisotopic (exact) mass is 422 g/mol. The van der Waals surface area contributed by atoms with E-state index in [-0.39, 0.29) is 18.1 Å². The number of carboxylic acids is 1. The highest BCUT2D eigenvalue weighted by Gasteiger charge is 2.28. The molecule has 0 spiro atoms. The number of hydrogen-bond donors (Lipinski definition) is 6. The highest BCUT2D eigenvalue weighted by atomic mass is 16.4. The van der Waals surface area contributed by atoms with Crippen LogP contribution in [0.4, 0.5) is 0 Å². The Morgan fingerprint density at radius 2 is 1.63 bits per heavy atom. The summed E-state index contributed by atoms with van der Waals surface area (Å²) in [7, 11) is 0. The van der Waals surface area contributed by atoms with Crippen LogP contribution in [0, 0.1) is 5.92 Å². The van der Waals surface area contributed by atoms with Crippen LogP contribution in [0.2, 0.25) is 0 Å². The van der Waals surface area contributed by atoms with Gasteiger partial charge in [-0.2, -0.15) is 0 Å². The van der Waals surface area contributed by atoms with Crippen LogP contribution in [0.15, 0.2) is 24.3 Å². The van der Waals surface area contributed by atoms with Crippen molar-refractivity contribution in [2.45, 2.75) is 51.7 Å². The van der Waals surface area contributed by atoms with E-state index >= 15 is 0 Å². The summed E-state index contributed by atoms with van der Waals surface area (Å²) in [6.45, 7) is 4.52. The molecule has 0 radical (unpaired) electrons. The molecule has 4 atom stereocenters. The molecule has 0 aliphatic heterocycles. The van der Waals surface area contributed by atoms with E-state index in [9.17, 15) is 24.3 Å². The first-order valence-corrected chi connectivity index (χ1v) is 9.68. The molecule has 4 unspecified atom stereocenters. The highest BCUT2D eigenvalue weighted by molar-refractivity contribution is 5.92. The number of carbonyl (C=O) groups excluding carboxylic acids is 3. The molecule has 7 N–H and O–H groups in total. The molecule has 0 saturated carbocycles. The van der Waals surface area contributed by atoms with Crippen LogP contribution >= 0.6 is 0 Å². The van der Waals surface area contributed by atoms with Gasteiger partial charge >= 0.3 is 5.97 Å². The van der Waals surface area contributed by atoms with E-state index in [1.54, 1.807) is 19.1 Å². The molecule has 1 rings (SSSR count). The SMILES string of the molecule is CCC(C)C(NC(=O)C(N)Cc1ccc(O)cc1)C(=O)NCC(=O)NC(C)C(=O)O. The van der Waals surface area contributed by atoms with Gasteiger partial charge in [0.15, 0.2) is 0 Å². The van der Waals surface area contributed by atoms with Gasteiger partial charge < -0.3 is 31.9 Å². The van der Waals surface area contributed by atoms with E-state index < -0.39 is 48.4 Å². The summed E-state index contributed by atoms with van der Waals surface area (Å²) < 4.78 is 0. The Morgan fingerprint density at radius 3 is 2.17 bits per heavy atom. The largest absolute Gasteiger partial charge is 0.508 e. The first kappa shape index (κ1) is 24.9. The van der Waals surface area contributed by atoms with Crippen molar-refractivity contribution in [1.82, 2.24) is 16.0 Å². The summed E-state index contributed by atoms with van der Waals surface area (Å²) in [6, 6.07) is 3.39. The maximum Gasteiger partial charge on any atom is 0.325 e. The predicted molar refractivity (Wildman–Crippen MR) is 109 cm³/mol. The van der Waals surface area contributed by atoms with Crippen molar-refractivity contribution in [3.63, 3.8) is 0 Å². The zero-order valence-corrected chi connectivity index (χ0v) is 17.3.